The molecule has 0 bridgehead atoms. The van der Waals surface area contributed by atoms with E-state index >= 15 is 0 Å². The van der Waals surface area contributed by atoms with E-state index in [1.165, 1.54) is 12.1 Å². The highest BCUT2D eigenvalue weighted by Gasteiger charge is 2.25. The van der Waals surface area contributed by atoms with E-state index in [0.717, 1.165) is 6.07 Å². The minimum Gasteiger partial charge on any atom is -0.298 e. The van der Waals surface area contributed by atoms with Crippen LogP contribution in [0.25, 0.3) is 0 Å². The number of carbonyl (C=O) groups is 1. The molecule has 4 nitrogen and oxygen atoms in total. The van der Waals surface area contributed by atoms with Crippen molar-refractivity contribution in [2.75, 3.05) is 5.33 Å². The molecule has 92 valence electrons. The quantitative estimate of drug-likeness (QED) is 0.477. The van der Waals surface area contributed by atoms with Crippen molar-refractivity contribution in [3.63, 3.8) is 0 Å². The van der Waals surface area contributed by atoms with E-state index in [-0.39, 0.29) is 23.1 Å². The molecule has 0 heterocycles. The number of alkyl halides is 3. The van der Waals surface area contributed by atoms with Gasteiger partial charge < -0.3 is 0 Å². The molecule has 1 rings (SSSR count). The maximum atomic E-state index is 12.8. The number of ketones is 1. The average Bonchev–Trinajstić information content (AvgIpc) is 2.28. The summed E-state index contributed by atoms with van der Waals surface area (Å²) in [5.41, 5.74) is -1.33. The maximum absolute atomic E-state index is 12.8. The molecule has 0 aromatic heterocycles. The zero-order valence-corrected chi connectivity index (χ0v) is 10.1. The molecular formula is C10H8BrF2NO3. The molecule has 1 aromatic rings. The molecule has 0 amide bonds. The molecule has 0 saturated carbocycles. The lowest BCUT2D eigenvalue weighted by molar-refractivity contribution is -0.386. The number of nitro groups is 1. The van der Waals surface area contributed by atoms with Crippen molar-refractivity contribution in [1.29, 1.82) is 0 Å². The summed E-state index contributed by atoms with van der Waals surface area (Å²) in [6, 6.07) is 3.60. The first-order chi connectivity index (χ1) is 7.97. The fourth-order valence-electron chi connectivity index (χ4n) is 1.42. The van der Waals surface area contributed by atoms with Crippen LogP contribution in [0.15, 0.2) is 18.2 Å². The Kier molecular flexibility index (Phi) is 4.68. The number of nitro benzene ring substituents is 1. The van der Waals surface area contributed by atoms with Crippen molar-refractivity contribution in [1.82, 2.24) is 0 Å². The van der Waals surface area contributed by atoms with E-state index in [0.29, 0.717) is 0 Å². The van der Waals surface area contributed by atoms with Gasteiger partial charge in [-0.3, -0.25) is 14.9 Å². The summed E-state index contributed by atoms with van der Waals surface area (Å²) in [7, 11) is 0. The van der Waals surface area contributed by atoms with Crippen molar-refractivity contribution in [2.24, 2.45) is 0 Å². The van der Waals surface area contributed by atoms with Gasteiger partial charge in [-0.2, -0.15) is 0 Å². The number of carbonyl (C=O) groups excluding carboxylic acids is 1. The summed E-state index contributed by atoms with van der Waals surface area (Å²) in [5, 5.41) is 10.6. The molecule has 0 spiro atoms. The molecule has 0 aliphatic heterocycles. The Morgan fingerprint density at radius 2 is 2.12 bits per heavy atom. The molecule has 0 saturated heterocycles. The summed E-state index contributed by atoms with van der Waals surface area (Å²) >= 11 is 2.91. The summed E-state index contributed by atoms with van der Waals surface area (Å²) in [5.74, 6) is -0.313. The van der Waals surface area contributed by atoms with E-state index < -0.39 is 22.6 Å². The molecule has 0 atom stereocenters. The third-order valence-corrected chi connectivity index (χ3v) is 2.75. The summed E-state index contributed by atoms with van der Waals surface area (Å²) in [6.45, 7) is 0. The Hall–Kier alpha value is -1.37. The Labute approximate surface area is 104 Å². The molecule has 0 aliphatic carbocycles. The zero-order valence-electron chi connectivity index (χ0n) is 8.53. The average molecular weight is 308 g/mol. The van der Waals surface area contributed by atoms with Crippen molar-refractivity contribution < 1.29 is 18.5 Å². The number of hydrogen-bond donors (Lipinski definition) is 0. The Morgan fingerprint density at radius 3 is 2.59 bits per heavy atom. The van der Waals surface area contributed by atoms with Gasteiger partial charge in [0.15, 0.2) is 0 Å². The lowest BCUT2D eigenvalue weighted by atomic mass is 10.0. The first-order valence-electron chi connectivity index (χ1n) is 4.59. The standard InChI is InChI=1S/C10H8BrF2NO3/c11-5-7(15)4-6-2-1-3-8(14(16)17)9(6)10(12)13/h1-3,10H,4-5H2. The molecule has 0 fully saturated rings. The second-order valence-corrected chi connectivity index (χ2v) is 3.82. The molecule has 1 aromatic carbocycles. The number of nitrogens with zero attached hydrogens (tertiary/aromatic N) is 1. The van der Waals surface area contributed by atoms with Crippen LogP contribution in [0, 0.1) is 10.1 Å². The first kappa shape index (κ1) is 13.7. The molecule has 0 N–H and O–H groups in total. The monoisotopic (exact) mass is 307 g/mol. The highest BCUT2D eigenvalue weighted by molar-refractivity contribution is 9.09. The van der Waals surface area contributed by atoms with Crippen molar-refractivity contribution in [3.05, 3.63) is 39.4 Å². The normalized spacial score (nSPS) is 10.6. The fraction of sp³-hybridized carbons (Fsp3) is 0.300. The summed E-state index contributed by atoms with van der Waals surface area (Å²) in [4.78, 5) is 20.9. The van der Waals surface area contributed by atoms with Crippen LogP contribution in [0.2, 0.25) is 0 Å². The van der Waals surface area contributed by atoms with Crippen LogP contribution in [-0.4, -0.2) is 16.0 Å². The van der Waals surface area contributed by atoms with Crippen LogP contribution in [0.4, 0.5) is 14.5 Å². The van der Waals surface area contributed by atoms with E-state index in [4.69, 9.17) is 0 Å². The predicted molar refractivity (Wildman–Crippen MR) is 60.6 cm³/mol. The SMILES string of the molecule is O=C(CBr)Cc1cccc([N+](=O)[O-])c1C(F)F. The van der Waals surface area contributed by atoms with Gasteiger partial charge in [0.05, 0.1) is 15.8 Å². The molecule has 17 heavy (non-hydrogen) atoms. The number of halogens is 3. The van der Waals surface area contributed by atoms with Gasteiger partial charge >= 0.3 is 0 Å². The van der Waals surface area contributed by atoms with Crippen LogP contribution < -0.4 is 0 Å². The predicted octanol–water partition coefficient (Wildman–Crippen LogP) is 3.04. The van der Waals surface area contributed by atoms with E-state index in [1.807, 2.05) is 0 Å². The Morgan fingerprint density at radius 1 is 1.47 bits per heavy atom. The van der Waals surface area contributed by atoms with E-state index in [2.05, 4.69) is 15.9 Å². The first-order valence-corrected chi connectivity index (χ1v) is 5.71. The largest absolute Gasteiger partial charge is 0.298 e. The van der Waals surface area contributed by atoms with Gasteiger partial charge in [-0.25, -0.2) is 8.78 Å². The second kappa shape index (κ2) is 5.81. The van der Waals surface area contributed by atoms with Crippen LogP contribution in [0.1, 0.15) is 17.6 Å². The van der Waals surface area contributed by atoms with Gasteiger partial charge in [-0.05, 0) is 5.56 Å². The van der Waals surface area contributed by atoms with Crippen molar-refractivity contribution in [3.8, 4) is 0 Å². The van der Waals surface area contributed by atoms with Gasteiger partial charge in [0.1, 0.15) is 5.78 Å². The van der Waals surface area contributed by atoms with Crippen molar-refractivity contribution >= 4 is 27.4 Å². The van der Waals surface area contributed by atoms with E-state index in [1.54, 1.807) is 0 Å². The topological polar surface area (TPSA) is 60.2 Å². The van der Waals surface area contributed by atoms with Crippen molar-refractivity contribution in [2.45, 2.75) is 12.8 Å². The minimum atomic E-state index is -2.98. The maximum Gasteiger partial charge on any atom is 0.278 e. The van der Waals surface area contributed by atoms with Gasteiger partial charge in [0.2, 0.25) is 0 Å². The lowest BCUT2D eigenvalue weighted by Gasteiger charge is -2.07. The van der Waals surface area contributed by atoms with Crippen LogP contribution in [0.3, 0.4) is 0 Å². The fourth-order valence-corrected chi connectivity index (χ4v) is 1.62. The van der Waals surface area contributed by atoms with Crippen LogP contribution >= 0.6 is 15.9 Å². The Balaban J connectivity index is 3.25. The van der Waals surface area contributed by atoms with Crippen LogP contribution in [0.5, 0.6) is 0 Å². The van der Waals surface area contributed by atoms with Gasteiger partial charge in [-0.1, -0.05) is 28.1 Å². The highest BCUT2D eigenvalue weighted by atomic mass is 79.9. The lowest BCUT2D eigenvalue weighted by Crippen LogP contribution is -2.08. The molecular weight excluding hydrogens is 300 g/mol. The highest BCUT2D eigenvalue weighted by Crippen LogP contribution is 2.32. The molecule has 0 radical (unpaired) electrons. The van der Waals surface area contributed by atoms with Gasteiger partial charge in [0.25, 0.3) is 12.1 Å². The van der Waals surface area contributed by atoms with E-state index in [9.17, 15) is 23.7 Å². The smallest absolute Gasteiger partial charge is 0.278 e. The number of benzene rings is 1. The third kappa shape index (κ3) is 3.29. The molecule has 7 heteroatoms. The second-order valence-electron chi connectivity index (χ2n) is 3.26. The number of rotatable bonds is 5. The minimum absolute atomic E-state index is 0.00125. The van der Waals surface area contributed by atoms with Gasteiger partial charge in [-0.15, -0.1) is 0 Å². The number of hydrogen-bond acceptors (Lipinski definition) is 3. The summed E-state index contributed by atoms with van der Waals surface area (Å²) < 4.78 is 25.6. The van der Waals surface area contributed by atoms with Gasteiger partial charge in [0, 0.05) is 12.5 Å². The molecule has 0 unspecified atom stereocenters. The molecule has 0 aliphatic rings. The zero-order chi connectivity index (χ0) is 13.0. The summed E-state index contributed by atoms with van der Waals surface area (Å²) in [6.07, 6.45) is -3.22. The number of Topliss-reactive ketones (excluding diaryl/α,β-unsaturated/α-hetero) is 1. The Bertz CT molecular complexity index is 451. The van der Waals surface area contributed by atoms with Crippen LogP contribution in [-0.2, 0) is 11.2 Å². The third-order valence-electron chi connectivity index (χ3n) is 2.12.